The Balaban J connectivity index is 2.15. The van der Waals surface area contributed by atoms with E-state index in [2.05, 4.69) is 11.9 Å². The Morgan fingerprint density at radius 1 is 1.39 bits per heavy atom. The molecule has 2 rings (SSSR count). The van der Waals surface area contributed by atoms with Gasteiger partial charge in [0.2, 0.25) is 5.88 Å². The molecule has 0 aliphatic heterocycles. The lowest BCUT2D eigenvalue weighted by Crippen LogP contribution is -2.28. The molecule has 1 aromatic heterocycles. The maximum absolute atomic E-state index is 11.0. The molecule has 2 atom stereocenters. The molecule has 0 saturated heterocycles. The topological polar surface area (TPSA) is 59.4 Å². The fourth-order valence-corrected chi connectivity index (χ4v) is 2.43. The molecule has 1 saturated carbocycles. The molecule has 4 heteroatoms. The second-order valence-corrected chi connectivity index (χ2v) is 5.06. The van der Waals surface area contributed by atoms with Gasteiger partial charge >= 0.3 is 5.97 Å². The largest absolute Gasteiger partial charge is 0.478 e. The molecule has 18 heavy (non-hydrogen) atoms. The summed E-state index contributed by atoms with van der Waals surface area (Å²) < 4.78 is 5.86. The van der Waals surface area contributed by atoms with Crippen LogP contribution in [0, 0.1) is 12.8 Å². The van der Waals surface area contributed by atoms with Gasteiger partial charge in [0, 0.05) is 11.8 Å². The first-order valence-electron chi connectivity index (χ1n) is 6.45. The lowest BCUT2D eigenvalue weighted by Gasteiger charge is -2.28. The second-order valence-electron chi connectivity index (χ2n) is 5.06. The van der Waals surface area contributed by atoms with E-state index in [0.29, 0.717) is 17.5 Å². The molecule has 2 unspecified atom stereocenters. The average Bonchev–Trinajstić information content (AvgIpc) is 2.31. The Morgan fingerprint density at radius 3 is 2.78 bits per heavy atom. The first-order valence-corrected chi connectivity index (χ1v) is 6.45. The molecular weight excluding hydrogens is 230 g/mol. The Labute approximate surface area is 107 Å². The van der Waals surface area contributed by atoms with E-state index in [4.69, 9.17) is 9.84 Å². The van der Waals surface area contributed by atoms with E-state index in [1.54, 1.807) is 13.0 Å². The maximum Gasteiger partial charge on any atom is 0.335 e. The monoisotopic (exact) mass is 249 g/mol. The number of ether oxygens (including phenoxy) is 1. The summed E-state index contributed by atoms with van der Waals surface area (Å²) >= 11 is 0. The van der Waals surface area contributed by atoms with Crippen molar-refractivity contribution >= 4 is 5.97 Å². The minimum Gasteiger partial charge on any atom is -0.478 e. The molecule has 1 aromatic rings. The van der Waals surface area contributed by atoms with Crippen molar-refractivity contribution < 1.29 is 14.6 Å². The SMILES string of the molecule is Cc1cc(C(=O)O)cc(OC2CCCCC2C)n1. The number of pyridine rings is 1. The number of carbonyl (C=O) groups is 1. The predicted octanol–water partition coefficient (Wildman–Crippen LogP) is 3.05. The third-order valence-electron chi connectivity index (χ3n) is 3.48. The normalized spacial score (nSPS) is 23.7. The number of carboxylic acids is 1. The zero-order valence-corrected chi connectivity index (χ0v) is 10.8. The second kappa shape index (κ2) is 5.38. The fraction of sp³-hybridized carbons (Fsp3) is 0.571. The van der Waals surface area contributed by atoms with Gasteiger partial charge in [-0.15, -0.1) is 0 Å². The number of aromatic carboxylic acids is 1. The Bertz CT molecular complexity index is 445. The molecule has 98 valence electrons. The lowest BCUT2D eigenvalue weighted by atomic mass is 9.88. The van der Waals surface area contributed by atoms with E-state index in [1.165, 1.54) is 25.3 Å². The van der Waals surface area contributed by atoms with Gasteiger partial charge in [-0.25, -0.2) is 9.78 Å². The average molecular weight is 249 g/mol. The highest BCUT2D eigenvalue weighted by molar-refractivity contribution is 5.87. The van der Waals surface area contributed by atoms with Crippen LogP contribution in [0.5, 0.6) is 5.88 Å². The van der Waals surface area contributed by atoms with Crippen LogP contribution in [-0.2, 0) is 0 Å². The fourth-order valence-electron chi connectivity index (χ4n) is 2.43. The van der Waals surface area contributed by atoms with Crippen LogP contribution in [0.2, 0.25) is 0 Å². The van der Waals surface area contributed by atoms with Gasteiger partial charge in [0.15, 0.2) is 0 Å². The standard InChI is InChI=1S/C14H19NO3/c1-9-5-3-4-6-12(9)18-13-8-11(14(16)17)7-10(2)15-13/h7-9,12H,3-6H2,1-2H3,(H,16,17). The van der Waals surface area contributed by atoms with Gasteiger partial charge in [0.25, 0.3) is 0 Å². The van der Waals surface area contributed by atoms with Gasteiger partial charge in [-0.3, -0.25) is 0 Å². The Kier molecular flexibility index (Phi) is 3.84. The third kappa shape index (κ3) is 3.00. The van der Waals surface area contributed by atoms with Crippen LogP contribution in [-0.4, -0.2) is 22.2 Å². The zero-order valence-electron chi connectivity index (χ0n) is 10.8. The molecule has 1 aliphatic carbocycles. The van der Waals surface area contributed by atoms with Crippen LogP contribution in [0.3, 0.4) is 0 Å². The summed E-state index contributed by atoms with van der Waals surface area (Å²) in [6.45, 7) is 3.96. The quantitative estimate of drug-likeness (QED) is 0.894. The van der Waals surface area contributed by atoms with Gasteiger partial charge in [-0.1, -0.05) is 13.3 Å². The summed E-state index contributed by atoms with van der Waals surface area (Å²) in [5.74, 6) is 0.00235. The summed E-state index contributed by atoms with van der Waals surface area (Å²) in [6, 6.07) is 3.07. The molecule has 1 aliphatic rings. The summed E-state index contributed by atoms with van der Waals surface area (Å²) in [5.41, 5.74) is 0.911. The van der Waals surface area contributed by atoms with Crippen molar-refractivity contribution in [2.45, 2.75) is 45.6 Å². The van der Waals surface area contributed by atoms with Crippen LogP contribution in [0.1, 0.15) is 48.7 Å². The molecule has 1 heterocycles. The summed E-state index contributed by atoms with van der Waals surface area (Å²) in [6.07, 6.45) is 4.78. The van der Waals surface area contributed by atoms with Crippen molar-refractivity contribution in [1.29, 1.82) is 0 Å². The van der Waals surface area contributed by atoms with Crippen molar-refractivity contribution in [2.24, 2.45) is 5.92 Å². The predicted molar refractivity (Wildman–Crippen MR) is 68.0 cm³/mol. The number of aryl methyl sites for hydroxylation is 1. The molecule has 1 fully saturated rings. The molecular formula is C14H19NO3. The van der Waals surface area contributed by atoms with Crippen LogP contribution < -0.4 is 4.74 Å². The van der Waals surface area contributed by atoms with Gasteiger partial charge in [0.1, 0.15) is 6.10 Å². The first kappa shape index (κ1) is 12.9. The number of aromatic nitrogens is 1. The number of hydrogen-bond donors (Lipinski definition) is 1. The van der Waals surface area contributed by atoms with Crippen molar-refractivity contribution in [3.05, 3.63) is 23.4 Å². The molecule has 4 nitrogen and oxygen atoms in total. The smallest absolute Gasteiger partial charge is 0.335 e. The Hall–Kier alpha value is -1.58. The summed E-state index contributed by atoms with van der Waals surface area (Å²) in [7, 11) is 0. The minimum atomic E-state index is -0.943. The highest BCUT2D eigenvalue weighted by atomic mass is 16.5. The van der Waals surface area contributed by atoms with Crippen LogP contribution in [0.15, 0.2) is 12.1 Å². The molecule has 0 aromatic carbocycles. The molecule has 0 amide bonds. The van der Waals surface area contributed by atoms with Crippen molar-refractivity contribution in [3.63, 3.8) is 0 Å². The van der Waals surface area contributed by atoms with Crippen LogP contribution >= 0.6 is 0 Å². The number of rotatable bonds is 3. The molecule has 0 spiro atoms. The van der Waals surface area contributed by atoms with E-state index in [0.717, 1.165) is 6.42 Å². The Morgan fingerprint density at radius 2 is 2.11 bits per heavy atom. The minimum absolute atomic E-state index is 0.162. The maximum atomic E-state index is 11.0. The van der Waals surface area contributed by atoms with Crippen LogP contribution in [0.4, 0.5) is 0 Å². The van der Waals surface area contributed by atoms with Crippen molar-refractivity contribution in [3.8, 4) is 5.88 Å². The summed E-state index contributed by atoms with van der Waals surface area (Å²) in [5, 5.41) is 9.01. The highest BCUT2D eigenvalue weighted by Gasteiger charge is 2.23. The third-order valence-corrected chi connectivity index (χ3v) is 3.48. The number of carboxylic acid groups (broad SMARTS) is 1. The number of hydrogen-bond acceptors (Lipinski definition) is 3. The van der Waals surface area contributed by atoms with Gasteiger partial charge in [-0.2, -0.15) is 0 Å². The van der Waals surface area contributed by atoms with Gasteiger partial charge < -0.3 is 9.84 Å². The molecule has 0 bridgehead atoms. The van der Waals surface area contributed by atoms with E-state index in [9.17, 15) is 4.79 Å². The highest BCUT2D eigenvalue weighted by Crippen LogP contribution is 2.27. The van der Waals surface area contributed by atoms with Crippen LogP contribution in [0.25, 0.3) is 0 Å². The van der Waals surface area contributed by atoms with Gasteiger partial charge in [0.05, 0.1) is 5.56 Å². The van der Waals surface area contributed by atoms with Crippen molar-refractivity contribution in [2.75, 3.05) is 0 Å². The molecule has 0 radical (unpaired) electrons. The first-order chi connectivity index (χ1) is 8.56. The number of nitrogens with zero attached hydrogens (tertiary/aromatic N) is 1. The van der Waals surface area contributed by atoms with E-state index < -0.39 is 5.97 Å². The van der Waals surface area contributed by atoms with E-state index in [1.807, 2.05) is 0 Å². The lowest BCUT2D eigenvalue weighted by molar-refractivity contribution is 0.0693. The van der Waals surface area contributed by atoms with E-state index in [-0.39, 0.29) is 11.7 Å². The van der Waals surface area contributed by atoms with Gasteiger partial charge in [-0.05, 0) is 38.2 Å². The molecule has 1 N–H and O–H groups in total. The van der Waals surface area contributed by atoms with Crippen molar-refractivity contribution in [1.82, 2.24) is 4.98 Å². The van der Waals surface area contributed by atoms with E-state index >= 15 is 0 Å². The zero-order chi connectivity index (χ0) is 13.1. The summed E-state index contributed by atoms with van der Waals surface area (Å²) in [4.78, 5) is 15.2.